The zero-order valence-electron chi connectivity index (χ0n) is 13.1. The molecule has 3 aromatic rings. The third-order valence-corrected chi connectivity index (χ3v) is 4.04. The summed E-state index contributed by atoms with van der Waals surface area (Å²) in [5.74, 6) is 0. The van der Waals surface area contributed by atoms with E-state index in [-0.39, 0.29) is 0 Å². The Labute approximate surface area is 125 Å². The molecule has 108 valence electrons. The first-order valence-electron chi connectivity index (χ1n) is 7.27. The zero-order valence-corrected chi connectivity index (χ0v) is 13.1. The molecule has 0 fully saturated rings. The van der Waals surface area contributed by atoms with Gasteiger partial charge in [-0.3, -0.25) is 0 Å². The minimum atomic E-state index is 0.895. The fourth-order valence-electron chi connectivity index (χ4n) is 2.84. The van der Waals surface area contributed by atoms with Crippen LogP contribution in [0.4, 0.5) is 5.69 Å². The van der Waals surface area contributed by atoms with Gasteiger partial charge in [-0.25, -0.2) is 0 Å². The molecule has 0 unspecified atom stereocenters. The van der Waals surface area contributed by atoms with E-state index >= 15 is 0 Å². The summed E-state index contributed by atoms with van der Waals surface area (Å²) in [7, 11) is 8.28. The van der Waals surface area contributed by atoms with Crippen LogP contribution in [0.25, 0.3) is 21.8 Å². The predicted octanol–water partition coefficient (Wildman–Crippen LogP) is 2.60. The van der Waals surface area contributed by atoms with Crippen LogP contribution in [-0.2, 0) is 13.6 Å². The largest absolute Gasteiger partial charge is 0.377 e. The zero-order chi connectivity index (χ0) is 15.0. The lowest BCUT2D eigenvalue weighted by Gasteiger charge is -2.12. The summed E-state index contributed by atoms with van der Waals surface area (Å²) in [4.78, 5) is 2.14. The number of fused-ring (bicyclic) bond motifs is 2. The summed E-state index contributed by atoms with van der Waals surface area (Å²) in [5.41, 5.74) is 5.06. The standard InChI is InChI=1S/C18H22N3/c1-19-12-13-5-6-14-10-15-7-8-16(20(2)3)11-18(15)21(4)17(14)9-13/h5-11,19H,12H2,1-4H3/q+1. The summed E-state index contributed by atoms with van der Waals surface area (Å²) in [6, 6.07) is 15.6. The van der Waals surface area contributed by atoms with Crippen LogP contribution in [0.2, 0.25) is 0 Å². The van der Waals surface area contributed by atoms with Crippen LogP contribution < -0.4 is 14.8 Å². The van der Waals surface area contributed by atoms with Crippen molar-refractivity contribution < 1.29 is 4.57 Å². The molecule has 1 N–H and O–H groups in total. The van der Waals surface area contributed by atoms with Crippen molar-refractivity contribution >= 4 is 27.5 Å². The molecule has 0 aliphatic heterocycles. The molecular weight excluding hydrogens is 258 g/mol. The van der Waals surface area contributed by atoms with E-state index in [0.29, 0.717) is 0 Å². The Hall–Kier alpha value is -2.13. The first kappa shape index (κ1) is 13.8. The van der Waals surface area contributed by atoms with Gasteiger partial charge < -0.3 is 10.2 Å². The highest BCUT2D eigenvalue weighted by molar-refractivity contribution is 5.90. The summed E-state index contributed by atoms with van der Waals surface area (Å²) in [5, 5.41) is 5.77. The van der Waals surface area contributed by atoms with E-state index in [9.17, 15) is 0 Å². The highest BCUT2D eigenvalue weighted by Crippen LogP contribution is 2.22. The third kappa shape index (κ3) is 2.45. The number of hydrogen-bond acceptors (Lipinski definition) is 2. The number of rotatable bonds is 3. The molecule has 0 aliphatic carbocycles. The summed E-state index contributed by atoms with van der Waals surface area (Å²) in [6.45, 7) is 0.895. The smallest absolute Gasteiger partial charge is 0.214 e. The van der Waals surface area contributed by atoms with E-state index < -0.39 is 0 Å². The van der Waals surface area contributed by atoms with Gasteiger partial charge in [-0.1, -0.05) is 6.07 Å². The molecule has 3 rings (SSSR count). The van der Waals surface area contributed by atoms with E-state index in [4.69, 9.17) is 0 Å². The quantitative estimate of drug-likeness (QED) is 0.587. The van der Waals surface area contributed by atoms with Crippen LogP contribution in [0.3, 0.4) is 0 Å². The number of hydrogen-bond donors (Lipinski definition) is 1. The number of anilines is 1. The molecule has 0 aliphatic rings. The average molecular weight is 280 g/mol. The normalized spacial score (nSPS) is 11.2. The maximum Gasteiger partial charge on any atom is 0.214 e. The SMILES string of the molecule is CNCc1ccc2cc3ccc(N(C)C)cc3[n+](C)c2c1. The topological polar surface area (TPSA) is 19.1 Å². The van der Waals surface area contributed by atoms with Gasteiger partial charge in [0, 0.05) is 49.2 Å². The monoisotopic (exact) mass is 280 g/mol. The summed E-state index contributed by atoms with van der Waals surface area (Å²) in [6.07, 6.45) is 0. The number of nitrogens with zero attached hydrogens (tertiary/aromatic N) is 2. The van der Waals surface area contributed by atoms with Crippen LogP contribution in [0.5, 0.6) is 0 Å². The second-order valence-electron chi connectivity index (χ2n) is 5.76. The van der Waals surface area contributed by atoms with Crippen molar-refractivity contribution in [2.45, 2.75) is 6.54 Å². The lowest BCUT2D eigenvalue weighted by Crippen LogP contribution is -2.30. The highest BCUT2D eigenvalue weighted by Gasteiger charge is 2.13. The van der Waals surface area contributed by atoms with Gasteiger partial charge in [-0.15, -0.1) is 0 Å². The minimum Gasteiger partial charge on any atom is -0.377 e. The van der Waals surface area contributed by atoms with Gasteiger partial charge in [0.15, 0.2) is 0 Å². The van der Waals surface area contributed by atoms with E-state index in [0.717, 1.165) is 6.54 Å². The summed E-state index contributed by atoms with van der Waals surface area (Å²) < 4.78 is 2.29. The highest BCUT2D eigenvalue weighted by atomic mass is 15.1. The first-order valence-corrected chi connectivity index (χ1v) is 7.27. The molecule has 0 bridgehead atoms. The van der Waals surface area contributed by atoms with Crippen molar-refractivity contribution in [3.63, 3.8) is 0 Å². The van der Waals surface area contributed by atoms with Crippen LogP contribution in [-0.4, -0.2) is 21.1 Å². The molecule has 0 radical (unpaired) electrons. The van der Waals surface area contributed by atoms with E-state index in [1.807, 2.05) is 7.05 Å². The van der Waals surface area contributed by atoms with Crippen molar-refractivity contribution in [2.75, 3.05) is 26.0 Å². The first-order chi connectivity index (χ1) is 10.1. The number of aryl methyl sites for hydroxylation is 1. The van der Waals surface area contributed by atoms with Gasteiger partial charge in [0.05, 0.1) is 0 Å². The summed E-state index contributed by atoms with van der Waals surface area (Å²) >= 11 is 0. The second-order valence-corrected chi connectivity index (χ2v) is 5.76. The Morgan fingerprint density at radius 3 is 2.29 bits per heavy atom. The van der Waals surface area contributed by atoms with E-state index in [1.165, 1.54) is 33.1 Å². The Morgan fingerprint density at radius 1 is 0.952 bits per heavy atom. The second kappa shape index (κ2) is 5.34. The predicted molar refractivity (Wildman–Crippen MR) is 89.7 cm³/mol. The van der Waals surface area contributed by atoms with Crippen molar-refractivity contribution in [2.24, 2.45) is 7.05 Å². The van der Waals surface area contributed by atoms with Crippen molar-refractivity contribution in [1.29, 1.82) is 0 Å². The van der Waals surface area contributed by atoms with E-state index in [1.54, 1.807) is 0 Å². The maximum atomic E-state index is 3.21. The molecule has 3 heteroatoms. The lowest BCUT2D eigenvalue weighted by molar-refractivity contribution is -0.617. The number of pyridine rings is 1. The molecular formula is C18H22N3+. The van der Waals surface area contributed by atoms with E-state index in [2.05, 4.69) is 78.4 Å². The van der Waals surface area contributed by atoms with Gasteiger partial charge in [0.2, 0.25) is 11.0 Å². The van der Waals surface area contributed by atoms with Gasteiger partial charge in [-0.05, 0) is 36.9 Å². The fourth-order valence-corrected chi connectivity index (χ4v) is 2.84. The Morgan fingerprint density at radius 2 is 1.62 bits per heavy atom. The molecule has 21 heavy (non-hydrogen) atoms. The Balaban J connectivity index is 2.28. The lowest BCUT2D eigenvalue weighted by atomic mass is 10.1. The molecule has 0 saturated heterocycles. The van der Waals surface area contributed by atoms with Crippen molar-refractivity contribution in [3.05, 3.63) is 48.0 Å². The van der Waals surface area contributed by atoms with Crippen LogP contribution >= 0.6 is 0 Å². The molecule has 2 aromatic carbocycles. The van der Waals surface area contributed by atoms with Gasteiger partial charge in [-0.2, -0.15) is 4.57 Å². The Kier molecular flexibility index (Phi) is 3.52. The molecule has 0 amide bonds. The van der Waals surface area contributed by atoms with Gasteiger partial charge >= 0.3 is 0 Å². The molecule has 3 nitrogen and oxygen atoms in total. The molecule has 0 saturated carbocycles. The molecule has 1 aromatic heterocycles. The maximum absolute atomic E-state index is 3.21. The van der Waals surface area contributed by atoms with Gasteiger partial charge in [0.25, 0.3) is 0 Å². The van der Waals surface area contributed by atoms with Crippen molar-refractivity contribution in [3.8, 4) is 0 Å². The van der Waals surface area contributed by atoms with Gasteiger partial charge in [0.1, 0.15) is 7.05 Å². The molecule has 0 spiro atoms. The number of nitrogens with one attached hydrogen (secondary N) is 1. The van der Waals surface area contributed by atoms with Crippen LogP contribution in [0.15, 0.2) is 42.5 Å². The number of aromatic nitrogens is 1. The third-order valence-electron chi connectivity index (χ3n) is 4.04. The van der Waals surface area contributed by atoms with Crippen LogP contribution in [0.1, 0.15) is 5.56 Å². The average Bonchev–Trinajstić information content (AvgIpc) is 2.48. The number of benzene rings is 2. The van der Waals surface area contributed by atoms with Crippen LogP contribution in [0, 0.1) is 0 Å². The molecule has 1 heterocycles. The molecule has 0 atom stereocenters. The minimum absolute atomic E-state index is 0.895. The van der Waals surface area contributed by atoms with Crippen molar-refractivity contribution in [1.82, 2.24) is 5.32 Å². The fraction of sp³-hybridized carbons (Fsp3) is 0.278. The Bertz CT molecular complexity index is 806.